The van der Waals surface area contributed by atoms with Crippen molar-refractivity contribution in [1.29, 1.82) is 0 Å². The minimum atomic E-state index is -2.28. The maximum absolute atomic E-state index is 13.2. The van der Waals surface area contributed by atoms with Gasteiger partial charge in [0, 0.05) is 13.8 Å². The SMILES string of the molecule is CC(=O)N[C@H]1[C@@H](O[C@H]2[C@@H](O)[C@@H](CO)O[C@@H](O[C@@H]3[C@@H](NC(C)=O)[C@H](O[C@H]4[C@@H](O)[C@@H](CO)O[C@@H](O[C@H]5[C@H](O)[C@@H](O)[C@H](OC[C@@H](CO)NC=O)O[C@@H]5CO)[C@@H]4O)O[C@H](CO)[C@H]3O[C@@H]3O[C@@H](C)[C@@H](O)[C@@H](O)[C@@H]3O)[C@@H]2O)O[C@H](CO)[C@H](O)[C@@H]1O. The quantitative estimate of drug-likeness (QED) is 0.0423. The molecule has 0 spiro atoms. The molecule has 0 aromatic heterocycles. The number of hydrogen-bond donors (Lipinski definition) is 20. The van der Waals surface area contributed by atoms with Crippen LogP contribution in [0.2, 0.25) is 0 Å². The highest BCUT2D eigenvalue weighted by atomic mass is 16.8. The van der Waals surface area contributed by atoms with Crippen LogP contribution in [0.15, 0.2) is 0 Å². The zero-order valence-electron chi connectivity index (χ0n) is 42.7. The van der Waals surface area contributed by atoms with E-state index in [1.54, 1.807) is 0 Å². The van der Waals surface area contributed by atoms with Crippen LogP contribution < -0.4 is 16.0 Å². The predicted molar refractivity (Wildman–Crippen MR) is 245 cm³/mol. The van der Waals surface area contributed by atoms with Crippen molar-refractivity contribution < 1.29 is 158 Å². The standard InChI is InChI=1S/C44H75N3O32/c1-12-23(57)28(62)30(64)42(69-12)76-35-20(9-53)73-40(79-38-26(60)17(6-50)71-43(32(38)66)75-34-19(8-52)74-41(31(65)29(34)63)68-10-15(4-48)45-11-54)22(47-14(3)56)36(35)77-44-33(67)37(25(59)18(7-51)72-44)78-39-21(46-13(2)55)27(61)24(58)16(5-49)70-39/h11-12,15-44,48-53,57-67H,4-10H2,1-3H3,(H,45,54)(H,46,55)(H,47,56)/t12-,15+,16+,17+,18+,19+,20+,21+,22+,23+,24-,25-,26-,27+,28+,29+,30-,31+,32+,33+,34+,35+,36+,37-,38-,39+,40-,41+,42-,43-,44-/m0/s1. The van der Waals surface area contributed by atoms with E-state index in [1.807, 2.05) is 0 Å². The molecule has 6 fully saturated rings. The maximum atomic E-state index is 13.2. The number of aliphatic hydroxyl groups is 17. The van der Waals surface area contributed by atoms with Crippen LogP contribution in [0.4, 0.5) is 0 Å². The van der Waals surface area contributed by atoms with Gasteiger partial charge in [0.25, 0.3) is 0 Å². The second kappa shape index (κ2) is 29.2. The van der Waals surface area contributed by atoms with E-state index in [-0.39, 0.29) is 6.41 Å². The lowest BCUT2D eigenvalue weighted by Crippen LogP contribution is -2.71. The number of carbonyl (C=O) groups excluding carboxylic acids is 3. The molecule has 3 amide bonds. The molecule has 0 aliphatic carbocycles. The molecule has 35 nitrogen and oxygen atoms in total. The molecule has 20 N–H and O–H groups in total. The topological polar surface area (TPSA) is 542 Å². The van der Waals surface area contributed by atoms with Crippen LogP contribution in [-0.2, 0) is 71.2 Å². The first-order chi connectivity index (χ1) is 37.5. The number of carbonyl (C=O) groups is 3. The van der Waals surface area contributed by atoms with E-state index in [9.17, 15) is 101 Å². The Morgan fingerprint density at radius 1 is 0.430 bits per heavy atom. The highest BCUT2D eigenvalue weighted by Gasteiger charge is 2.59. The Kier molecular flexibility index (Phi) is 24.2. The summed E-state index contributed by atoms with van der Waals surface area (Å²) in [6.45, 7) is -2.83. The lowest BCUT2D eigenvalue weighted by molar-refractivity contribution is -0.395. The minimum absolute atomic E-state index is 0.270. The third-order valence-electron chi connectivity index (χ3n) is 14.2. The minimum Gasteiger partial charge on any atom is -0.394 e. The molecule has 0 unspecified atom stereocenters. The molecule has 6 rings (SSSR count). The first-order valence-electron chi connectivity index (χ1n) is 25.2. The van der Waals surface area contributed by atoms with E-state index in [0.717, 1.165) is 13.8 Å². The summed E-state index contributed by atoms with van der Waals surface area (Å²) in [4.78, 5) is 36.3. The Hall–Kier alpha value is -2.75. The molecule has 458 valence electrons. The van der Waals surface area contributed by atoms with Gasteiger partial charge in [-0.15, -0.1) is 0 Å². The van der Waals surface area contributed by atoms with Crippen LogP contribution in [-0.4, -0.2) is 341 Å². The third kappa shape index (κ3) is 14.8. The fraction of sp³-hybridized carbons (Fsp3) is 0.932. The van der Waals surface area contributed by atoms with E-state index in [1.165, 1.54) is 6.92 Å². The largest absolute Gasteiger partial charge is 0.394 e. The fourth-order valence-electron chi connectivity index (χ4n) is 9.84. The van der Waals surface area contributed by atoms with Gasteiger partial charge in [-0.3, -0.25) is 14.4 Å². The Labute approximate surface area is 448 Å². The molecule has 0 aromatic rings. The lowest BCUT2D eigenvalue weighted by Gasteiger charge is -2.52. The summed E-state index contributed by atoms with van der Waals surface area (Å²) < 4.78 is 70.3. The van der Waals surface area contributed by atoms with Crippen molar-refractivity contribution in [3.63, 3.8) is 0 Å². The maximum Gasteiger partial charge on any atom is 0.217 e. The van der Waals surface area contributed by atoms with Crippen molar-refractivity contribution in [2.45, 2.75) is 211 Å². The summed E-state index contributed by atoms with van der Waals surface area (Å²) in [6.07, 6.45) is -53.2. The van der Waals surface area contributed by atoms with E-state index in [4.69, 9.17) is 56.8 Å². The second-order valence-corrected chi connectivity index (χ2v) is 19.7. The number of rotatable bonds is 23. The van der Waals surface area contributed by atoms with Gasteiger partial charge in [0.15, 0.2) is 37.7 Å². The monoisotopic (exact) mass is 1160 g/mol. The first kappa shape index (κ1) is 65.4. The van der Waals surface area contributed by atoms with E-state index in [2.05, 4.69) is 16.0 Å². The summed E-state index contributed by atoms with van der Waals surface area (Å²) in [5, 5.41) is 191. The summed E-state index contributed by atoms with van der Waals surface area (Å²) in [6, 6.07) is -4.54. The van der Waals surface area contributed by atoms with Gasteiger partial charge < -0.3 is 160 Å². The molecule has 79 heavy (non-hydrogen) atoms. The van der Waals surface area contributed by atoms with Gasteiger partial charge in [-0.25, -0.2) is 0 Å². The van der Waals surface area contributed by atoms with Crippen molar-refractivity contribution in [2.24, 2.45) is 0 Å². The van der Waals surface area contributed by atoms with Crippen LogP contribution >= 0.6 is 0 Å². The second-order valence-electron chi connectivity index (χ2n) is 19.7. The molecular formula is C44H75N3O32. The summed E-state index contributed by atoms with van der Waals surface area (Å²) >= 11 is 0. The average molecular weight is 1160 g/mol. The first-order valence-corrected chi connectivity index (χ1v) is 25.2. The molecule has 6 aliphatic rings. The van der Waals surface area contributed by atoms with Gasteiger partial charge in [-0.1, -0.05) is 0 Å². The zero-order chi connectivity index (χ0) is 58.3. The highest BCUT2D eigenvalue weighted by Crippen LogP contribution is 2.38. The van der Waals surface area contributed by atoms with Gasteiger partial charge in [0.1, 0.15) is 140 Å². The molecular weight excluding hydrogens is 1080 g/mol. The van der Waals surface area contributed by atoms with Crippen LogP contribution in [0.3, 0.4) is 0 Å². The number of nitrogens with one attached hydrogen (secondary N) is 3. The molecule has 6 aliphatic heterocycles. The Morgan fingerprint density at radius 3 is 1.34 bits per heavy atom. The molecule has 6 saturated heterocycles. The van der Waals surface area contributed by atoms with Crippen molar-refractivity contribution >= 4 is 18.2 Å². The molecule has 0 saturated carbocycles. The number of ether oxygens (including phenoxy) is 12. The average Bonchev–Trinajstić information content (AvgIpc) is 3.46. The van der Waals surface area contributed by atoms with Crippen molar-refractivity contribution in [1.82, 2.24) is 16.0 Å². The van der Waals surface area contributed by atoms with Crippen molar-refractivity contribution in [3.05, 3.63) is 0 Å². The molecule has 0 bridgehead atoms. The normalized spacial score (nSPS) is 47.2. The van der Waals surface area contributed by atoms with Crippen LogP contribution in [0, 0.1) is 0 Å². The Balaban J connectivity index is 1.34. The van der Waals surface area contributed by atoms with Crippen molar-refractivity contribution in [3.8, 4) is 0 Å². The fourth-order valence-corrected chi connectivity index (χ4v) is 9.84. The van der Waals surface area contributed by atoms with E-state index >= 15 is 0 Å². The predicted octanol–water partition coefficient (Wildman–Crippen LogP) is -13.7. The molecule has 35 heteroatoms. The smallest absolute Gasteiger partial charge is 0.217 e. The van der Waals surface area contributed by atoms with E-state index in [0.29, 0.717) is 0 Å². The Morgan fingerprint density at radius 2 is 0.835 bits per heavy atom. The molecule has 6 heterocycles. The van der Waals surface area contributed by atoms with Crippen molar-refractivity contribution in [2.75, 3.05) is 46.2 Å². The zero-order valence-corrected chi connectivity index (χ0v) is 42.7. The summed E-state index contributed by atoms with van der Waals surface area (Å²) in [7, 11) is 0. The molecule has 31 atom stereocenters. The van der Waals surface area contributed by atoms with Crippen LogP contribution in [0.5, 0.6) is 0 Å². The summed E-state index contributed by atoms with van der Waals surface area (Å²) in [5.74, 6) is -1.71. The highest BCUT2D eigenvalue weighted by molar-refractivity contribution is 5.73. The number of aliphatic hydroxyl groups excluding tert-OH is 17. The van der Waals surface area contributed by atoms with Gasteiger partial charge in [0.05, 0.1) is 58.4 Å². The van der Waals surface area contributed by atoms with Crippen LogP contribution in [0.25, 0.3) is 0 Å². The Bertz CT molecular complexity index is 1910. The van der Waals surface area contributed by atoms with Gasteiger partial charge in [0.2, 0.25) is 18.2 Å². The lowest BCUT2D eigenvalue weighted by atomic mass is 9.93. The van der Waals surface area contributed by atoms with Gasteiger partial charge in [-0.2, -0.15) is 0 Å². The molecule has 0 radical (unpaired) electrons. The van der Waals surface area contributed by atoms with E-state index < -0.39 is 248 Å². The van der Waals surface area contributed by atoms with Gasteiger partial charge >= 0.3 is 0 Å². The number of hydrogen-bond acceptors (Lipinski definition) is 32. The van der Waals surface area contributed by atoms with Gasteiger partial charge in [-0.05, 0) is 6.92 Å². The van der Waals surface area contributed by atoms with Crippen LogP contribution in [0.1, 0.15) is 20.8 Å². The molecule has 0 aromatic carbocycles. The third-order valence-corrected chi connectivity index (χ3v) is 14.2. The number of amides is 3. The summed E-state index contributed by atoms with van der Waals surface area (Å²) in [5.41, 5.74) is 0.